The van der Waals surface area contributed by atoms with Gasteiger partial charge in [0.25, 0.3) is 5.91 Å². The molecule has 5 nitrogen and oxygen atoms in total. The number of nitrogens with one attached hydrogen (secondary N) is 1. The molecular formula is C24H19BrFN3O2. The van der Waals surface area contributed by atoms with E-state index >= 15 is 0 Å². The molecule has 3 aromatic carbocycles. The van der Waals surface area contributed by atoms with E-state index in [1.807, 2.05) is 36.5 Å². The van der Waals surface area contributed by atoms with Gasteiger partial charge in [-0.2, -0.15) is 5.10 Å². The Balaban J connectivity index is 1.47. The Morgan fingerprint density at radius 1 is 1.16 bits per heavy atom. The Hall–Kier alpha value is -3.45. The number of hydrogen-bond acceptors (Lipinski definition) is 3. The van der Waals surface area contributed by atoms with Gasteiger partial charge in [-0.15, -0.1) is 0 Å². The van der Waals surface area contributed by atoms with Crippen molar-refractivity contribution in [2.24, 2.45) is 5.10 Å². The van der Waals surface area contributed by atoms with Crippen molar-refractivity contribution >= 4 is 39.0 Å². The van der Waals surface area contributed by atoms with Crippen LogP contribution in [0.2, 0.25) is 0 Å². The zero-order valence-electron chi connectivity index (χ0n) is 16.7. The topological polar surface area (TPSA) is 55.6 Å². The van der Waals surface area contributed by atoms with Gasteiger partial charge in [0.05, 0.1) is 18.9 Å². The Kier molecular flexibility index (Phi) is 6.13. The molecule has 0 atom stereocenters. The van der Waals surface area contributed by atoms with Crippen LogP contribution in [0.3, 0.4) is 0 Å². The first kappa shape index (κ1) is 20.8. The summed E-state index contributed by atoms with van der Waals surface area (Å²) in [6.45, 7) is 0.583. The average Bonchev–Trinajstić information content (AvgIpc) is 3.15. The van der Waals surface area contributed by atoms with Crippen molar-refractivity contribution < 1.29 is 13.9 Å². The molecule has 0 saturated heterocycles. The number of benzene rings is 3. The summed E-state index contributed by atoms with van der Waals surface area (Å²) in [4.78, 5) is 12.4. The van der Waals surface area contributed by atoms with E-state index in [0.717, 1.165) is 26.5 Å². The molecule has 0 bridgehead atoms. The molecule has 156 valence electrons. The number of rotatable bonds is 6. The first-order chi connectivity index (χ1) is 15.0. The van der Waals surface area contributed by atoms with Gasteiger partial charge in [-0.05, 0) is 59.7 Å². The maximum Gasteiger partial charge on any atom is 0.275 e. The van der Waals surface area contributed by atoms with Crippen molar-refractivity contribution in [3.63, 3.8) is 0 Å². The summed E-state index contributed by atoms with van der Waals surface area (Å²) in [5.41, 5.74) is 5.69. The number of fused-ring (bicyclic) bond motifs is 1. The van der Waals surface area contributed by atoms with Gasteiger partial charge in [-0.3, -0.25) is 4.79 Å². The molecule has 4 aromatic rings. The molecule has 0 aliphatic carbocycles. The van der Waals surface area contributed by atoms with E-state index in [2.05, 4.69) is 31.0 Å². The summed E-state index contributed by atoms with van der Waals surface area (Å²) in [6.07, 6.45) is 3.56. The Bertz CT molecular complexity index is 1280. The van der Waals surface area contributed by atoms with Crippen LogP contribution in [-0.4, -0.2) is 23.8 Å². The highest BCUT2D eigenvalue weighted by molar-refractivity contribution is 9.10. The van der Waals surface area contributed by atoms with E-state index in [1.165, 1.54) is 19.2 Å². The molecule has 1 aromatic heterocycles. The minimum absolute atomic E-state index is 0.241. The summed E-state index contributed by atoms with van der Waals surface area (Å²) in [6, 6.07) is 19.7. The summed E-state index contributed by atoms with van der Waals surface area (Å²) in [7, 11) is 1.51. The van der Waals surface area contributed by atoms with Gasteiger partial charge in [0.15, 0.2) is 0 Å². The fraction of sp³-hybridized carbons (Fsp3) is 0.0833. The van der Waals surface area contributed by atoms with Crippen molar-refractivity contribution in [1.29, 1.82) is 0 Å². The molecule has 0 radical (unpaired) electrons. The largest absolute Gasteiger partial charge is 0.496 e. The first-order valence-electron chi connectivity index (χ1n) is 9.54. The lowest BCUT2D eigenvalue weighted by molar-refractivity contribution is 0.0952. The van der Waals surface area contributed by atoms with Crippen LogP contribution < -0.4 is 10.2 Å². The number of hydrazone groups is 1. The van der Waals surface area contributed by atoms with E-state index in [4.69, 9.17) is 4.74 Å². The number of nitrogens with zero attached hydrogens (tertiary/aromatic N) is 2. The smallest absolute Gasteiger partial charge is 0.275 e. The van der Waals surface area contributed by atoms with Crippen LogP contribution in [0.15, 0.2) is 82.5 Å². The van der Waals surface area contributed by atoms with Crippen molar-refractivity contribution in [2.75, 3.05) is 7.11 Å². The number of amides is 1. The summed E-state index contributed by atoms with van der Waals surface area (Å²) >= 11 is 3.35. The van der Waals surface area contributed by atoms with Gasteiger partial charge in [0.2, 0.25) is 0 Å². The fourth-order valence-corrected chi connectivity index (χ4v) is 3.71. The third kappa shape index (κ3) is 4.83. The SMILES string of the molecule is COc1ccc(Br)cc1C(=O)N/N=C/c1ccc2c(ccn2Cc2cccc(F)c2)c1. The molecule has 7 heteroatoms. The quantitative estimate of drug-likeness (QED) is 0.298. The van der Waals surface area contributed by atoms with Crippen molar-refractivity contribution in [2.45, 2.75) is 6.54 Å². The molecule has 31 heavy (non-hydrogen) atoms. The molecule has 1 N–H and O–H groups in total. The third-order valence-electron chi connectivity index (χ3n) is 4.82. The first-order valence-corrected chi connectivity index (χ1v) is 10.3. The fourth-order valence-electron chi connectivity index (χ4n) is 3.35. The monoisotopic (exact) mass is 479 g/mol. The van der Waals surface area contributed by atoms with Gasteiger partial charge < -0.3 is 9.30 Å². The van der Waals surface area contributed by atoms with Crippen LogP contribution in [-0.2, 0) is 6.54 Å². The molecule has 0 saturated carbocycles. The van der Waals surface area contributed by atoms with Crippen LogP contribution in [0.4, 0.5) is 4.39 Å². The zero-order chi connectivity index (χ0) is 21.8. The number of methoxy groups -OCH3 is 1. The van der Waals surface area contributed by atoms with E-state index in [1.54, 1.807) is 30.5 Å². The highest BCUT2D eigenvalue weighted by Gasteiger charge is 2.12. The van der Waals surface area contributed by atoms with E-state index in [9.17, 15) is 9.18 Å². The highest BCUT2D eigenvalue weighted by Crippen LogP contribution is 2.23. The maximum atomic E-state index is 13.4. The minimum Gasteiger partial charge on any atom is -0.496 e. The van der Waals surface area contributed by atoms with Gasteiger partial charge in [-0.1, -0.05) is 34.1 Å². The second-order valence-corrected chi connectivity index (χ2v) is 7.85. The predicted octanol–water partition coefficient (Wildman–Crippen LogP) is 5.36. The molecule has 0 unspecified atom stereocenters. The van der Waals surface area contributed by atoms with Crippen molar-refractivity contribution in [1.82, 2.24) is 9.99 Å². The second-order valence-electron chi connectivity index (χ2n) is 6.94. The highest BCUT2D eigenvalue weighted by atomic mass is 79.9. The zero-order valence-corrected chi connectivity index (χ0v) is 18.3. The number of carbonyl (C=O) groups is 1. The molecule has 0 spiro atoms. The van der Waals surface area contributed by atoms with Crippen molar-refractivity contribution in [3.05, 3.63) is 99.9 Å². The van der Waals surface area contributed by atoms with Gasteiger partial charge in [0.1, 0.15) is 11.6 Å². The number of hydrogen-bond donors (Lipinski definition) is 1. The van der Waals surface area contributed by atoms with Gasteiger partial charge in [0, 0.05) is 28.1 Å². The molecular weight excluding hydrogens is 461 g/mol. The molecule has 0 aliphatic rings. The lowest BCUT2D eigenvalue weighted by Gasteiger charge is -2.07. The predicted molar refractivity (Wildman–Crippen MR) is 123 cm³/mol. The second kappa shape index (κ2) is 9.14. The van der Waals surface area contributed by atoms with E-state index in [-0.39, 0.29) is 11.7 Å². The Morgan fingerprint density at radius 2 is 2.03 bits per heavy atom. The summed E-state index contributed by atoms with van der Waals surface area (Å²) < 4.78 is 21.5. The van der Waals surface area contributed by atoms with Crippen LogP contribution in [0, 0.1) is 5.82 Å². The minimum atomic E-state index is -0.364. The molecule has 0 aliphatic heterocycles. The average molecular weight is 480 g/mol. The third-order valence-corrected chi connectivity index (χ3v) is 5.32. The van der Waals surface area contributed by atoms with Crippen molar-refractivity contribution in [3.8, 4) is 5.75 Å². The van der Waals surface area contributed by atoms with Crippen LogP contribution in [0.5, 0.6) is 5.75 Å². The summed E-state index contributed by atoms with van der Waals surface area (Å²) in [5.74, 6) is -0.135. The number of aromatic nitrogens is 1. The van der Waals surface area contributed by atoms with Crippen LogP contribution >= 0.6 is 15.9 Å². The molecule has 4 rings (SSSR count). The lowest BCUT2D eigenvalue weighted by Crippen LogP contribution is -2.18. The number of carbonyl (C=O) groups excluding carboxylic acids is 1. The normalized spacial score (nSPS) is 11.2. The van der Waals surface area contributed by atoms with E-state index < -0.39 is 0 Å². The van der Waals surface area contributed by atoms with Gasteiger partial charge >= 0.3 is 0 Å². The molecule has 1 heterocycles. The summed E-state index contributed by atoms with van der Waals surface area (Å²) in [5, 5.41) is 5.10. The van der Waals surface area contributed by atoms with Crippen LogP contribution in [0.1, 0.15) is 21.5 Å². The Labute approximate surface area is 187 Å². The number of halogens is 2. The van der Waals surface area contributed by atoms with Gasteiger partial charge in [-0.25, -0.2) is 9.82 Å². The lowest BCUT2D eigenvalue weighted by atomic mass is 10.1. The standard InChI is InChI=1S/C24H19BrFN3O2/c1-31-23-8-6-19(25)13-21(23)24(30)28-27-14-16-5-7-22-18(11-16)9-10-29(22)15-17-3-2-4-20(26)12-17/h2-14H,15H2,1H3,(H,28,30)/b27-14+. The Morgan fingerprint density at radius 3 is 2.84 bits per heavy atom. The maximum absolute atomic E-state index is 13.4. The number of ether oxygens (including phenoxy) is 1. The molecule has 1 amide bonds. The van der Waals surface area contributed by atoms with E-state index in [0.29, 0.717) is 17.9 Å². The van der Waals surface area contributed by atoms with Crippen LogP contribution in [0.25, 0.3) is 10.9 Å². The molecule has 0 fully saturated rings.